The molecule has 39 heavy (non-hydrogen) atoms. The van der Waals surface area contributed by atoms with E-state index in [9.17, 15) is 26.8 Å². The largest absolute Gasteiger partial charge is 0.497 e. The monoisotopic (exact) mass is 559 g/mol. The quantitative estimate of drug-likeness (QED) is 0.360. The van der Waals surface area contributed by atoms with Crippen LogP contribution >= 0.6 is 0 Å². The zero-order chi connectivity index (χ0) is 28.6. The molecule has 0 bridgehead atoms. The van der Waals surface area contributed by atoms with E-state index in [1.165, 1.54) is 68.6 Å². The highest BCUT2D eigenvalue weighted by Gasteiger charge is 2.32. The molecule has 3 aromatic carbocycles. The number of ether oxygens (including phenoxy) is 1. The van der Waals surface area contributed by atoms with Gasteiger partial charge in [0.15, 0.2) is 0 Å². The molecule has 1 unspecified atom stereocenters. The number of nitrogens with zero attached hydrogens (tertiary/aromatic N) is 2. The Morgan fingerprint density at radius 3 is 2.21 bits per heavy atom. The summed E-state index contributed by atoms with van der Waals surface area (Å²) in [7, 11) is -2.89. The van der Waals surface area contributed by atoms with Crippen LogP contribution in [-0.4, -0.2) is 51.4 Å². The number of anilines is 1. The number of hydrogen-bond acceptors (Lipinski definition) is 5. The van der Waals surface area contributed by atoms with E-state index in [1.807, 2.05) is 6.92 Å². The van der Waals surface area contributed by atoms with E-state index in [1.54, 1.807) is 6.07 Å². The van der Waals surface area contributed by atoms with Gasteiger partial charge in [-0.2, -0.15) is 0 Å². The van der Waals surface area contributed by atoms with Gasteiger partial charge in [-0.3, -0.25) is 13.9 Å². The van der Waals surface area contributed by atoms with Gasteiger partial charge in [-0.1, -0.05) is 25.1 Å². The first-order valence-electron chi connectivity index (χ1n) is 12.3. The van der Waals surface area contributed by atoms with Gasteiger partial charge >= 0.3 is 0 Å². The number of rotatable bonds is 12. The van der Waals surface area contributed by atoms with Crippen LogP contribution in [0.4, 0.5) is 14.5 Å². The second kappa shape index (κ2) is 13.2. The molecule has 0 aromatic heterocycles. The second-order valence-electron chi connectivity index (χ2n) is 8.74. The highest BCUT2D eigenvalue weighted by atomic mass is 32.2. The van der Waals surface area contributed by atoms with Crippen molar-refractivity contribution >= 4 is 27.5 Å². The third-order valence-corrected chi connectivity index (χ3v) is 7.84. The summed E-state index contributed by atoms with van der Waals surface area (Å²) in [5.74, 6) is -1.94. The molecule has 0 saturated carbocycles. The first kappa shape index (κ1) is 29.6. The highest BCUT2D eigenvalue weighted by Crippen LogP contribution is 2.26. The molecule has 2 amide bonds. The Bertz CT molecular complexity index is 1380. The standard InChI is InChI=1S/C28H31F2N3O5S/c1-4-17-31-28(35)20(2)32(18-21-7-5-6-8-26(21)30)27(34)19-33(23-11-9-22(29)10-12-23)39(36,37)25-15-13-24(38-3)14-16-25/h5-16,20H,4,17-19H2,1-3H3,(H,31,35). The number of benzene rings is 3. The Balaban J connectivity index is 2.02. The van der Waals surface area contributed by atoms with E-state index in [0.717, 1.165) is 21.3 Å². The number of sulfonamides is 1. The van der Waals surface area contributed by atoms with Crippen LogP contribution in [0.3, 0.4) is 0 Å². The molecule has 1 N–H and O–H groups in total. The van der Waals surface area contributed by atoms with Crippen molar-refractivity contribution in [3.05, 3.63) is 90.0 Å². The van der Waals surface area contributed by atoms with Crippen molar-refractivity contribution in [2.45, 2.75) is 37.8 Å². The smallest absolute Gasteiger partial charge is 0.264 e. The summed E-state index contributed by atoms with van der Waals surface area (Å²) in [5.41, 5.74) is 0.196. The highest BCUT2D eigenvalue weighted by molar-refractivity contribution is 7.92. The molecule has 0 aliphatic rings. The van der Waals surface area contributed by atoms with Crippen molar-refractivity contribution in [3.8, 4) is 5.75 Å². The van der Waals surface area contributed by atoms with Gasteiger partial charge in [0.1, 0.15) is 30.0 Å². The number of hydrogen-bond donors (Lipinski definition) is 1. The first-order valence-corrected chi connectivity index (χ1v) is 13.8. The maximum atomic E-state index is 14.5. The van der Waals surface area contributed by atoms with Gasteiger partial charge < -0.3 is 15.0 Å². The fraction of sp³-hybridized carbons (Fsp3) is 0.286. The number of halogens is 2. The van der Waals surface area contributed by atoms with Crippen molar-refractivity contribution in [3.63, 3.8) is 0 Å². The van der Waals surface area contributed by atoms with Crippen LogP contribution in [0, 0.1) is 11.6 Å². The van der Waals surface area contributed by atoms with Crippen molar-refractivity contribution in [2.24, 2.45) is 0 Å². The lowest BCUT2D eigenvalue weighted by molar-refractivity contribution is -0.139. The molecule has 0 fully saturated rings. The number of amides is 2. The van der Waals surface area contributed by atoms with Crippen LogP contribution in [0.1, 0.15) is 25.8 Å². The number of carbonyl (C=O) groups is 2. The lowest BCUT2D eigenvalue weighted by Crippen LogP contribution is -2.51. The molecule has 0 radical (unpaired) electrons. The second-order valence-corrected chi connectivity index (χ2v) is 10.6. The van der Waals surface area contributed by atoms with Gasteiger partial charge in [0, 0.05) is 18.7 Å². The van der Waals surface area contributed by atoms with Crippen LogP contribution < -0.4 is 14.4 Å². The Labute approximate surface area is 227 Å². The summed E-state index contributed by atoms with van der Waals surface area (Å²) < 4.78 is 61.6. The molecule has 3 aromatic rings. The molecular formula is C28H31F2N3O5S. The predicted molar refractivity (Wildman–Crippen MR) is 144 cm³/mol. The van der Waals surface area contributed by atoms with E-state index >= 15 is 0 Å². The maximum Gasteiger partial charge on any atom is 0.264 e. The van der Waals surface area contributed by atoms with E-state index in [4.69, 9.17) is 4.74 Å². The normalized spacial score (nSPS) is 11.9. The molecule has 0 saturated heterocycles. The Kier molecular flexibility index (Phi) is 10.00. The van der Waals surface area contributed by atoms with Crippen LogP contribution in [0.5, 0.6) is 5.75 Å². The molecule has 1 atom stereocenters. The molecular weight excluding hydrogens is 528 g/mol. The fourth-order valence-corrected chi connectivity index (χ4v) is 5.21. The maximum absolute atomic E-state index is 14.5. The zero-order valence-corrected chi connectivity index (χ0v) is 22.8. The summed E-state index contributed by atoms with van der Waals surface area (Å²) in [6.07, 6.45) is 0.665. The van der Waals surface area contributed by atoms with Crippen molar-refractivity contribution < 1.29 is 31.5 Å². The number of nitrogens with one attached hydrogen (secondary N) is 1. The Morgan fingerprint density at radius 2 is 1.62 bits per heavy atom. The molecule has 3 rings (SSSR count). The average molecular weight is 560 g/mol. The van der Waals surface area contributed by atoms with Crippen molar-refractivity contribution in [2.75, 3.05) is 24.5 Å². The van der Waals surface area contributed by atoms with Gasteiger partial charge in [-0.05, 0) is 67.9 Å². The van der Waals surface area contributed by atoms with Gasteiger partial charge in [-0.15, -0.1) is 0 Å². The summed E-state index contributed by atoms with van der Waals surface area (Å²) in [4.78, 5) is 27.5. The van der Waals surface area contributed by atoms with Crippen LogP contribution in [0.25, 0.3) is 0 Å². The third kappa shape index (κ3) is 7.32. The molecule has 208 valence electrons. The van der Waals surface area contributed by atoms with Gasteiger partial charge in [0.2, 0.25) is 11.8 Å². The van der Waals surface area contributed by atoms with Crippen LogP contribution in [-0.2, 0) is 26.2 Å². The number of methoxy groups -OCH3 is 1. The minimum absolute atomic E-state index is 0.0366. The molecule has 11 heteroatoms. The average Bonchev–Trinajstić information content (AvgIpc) is 2.94. The first-order chi connectivity index (χ1) is 18.6. The Hall–Kier alpha value is -3.99. The molecule has 0 aliphatic heterocycles. The van der Waals surface area contributed by atoms with E-state index < -0.39 is 46.1 Å². The number of carbonyl (C=O) groups excluding carboxylic acids is 2. The minimum atomic E-state index is -4.33. The summed E-state index contributed by atoms with van der Waals surface area (Å²) in [6, 6.07) is 15.0. The lowest BCUT2D eigenvalue weighted by Gasteiger charge is -2.32. The SMILES string of the molecule is CCCNC(=O)C(C)N(Cc1ccccc1F)C(=O)CN(c1ccc(F)cc1)S(=O)(=O)c1ccc(OC)cc1. The van der Waals surface area contributed by atoms with E-state index in [2.05, 4.69) is 5.32 Å². The Morgan fingerprint density at radius 1 is 0.974 bits per heavy atom. The molecule has 8 nitrogen and oxygen atoms in total. The summed E-state index contributed by atoms with van der Waals surface area (Å²) in [5, 5.41) is 2.71. The third-order valence-electron chi connectivity index (χ3n) is 6.06. The van der Waals surface area contributed by atoms with E-state index in [-0.39, 0.29) is 22.7 Å². The van der Waals surface area contributed by atoms with Crippen molar-refractivity contribution in [1.82, 2.24) is 10.2 Å². The van der Waals surface area contributed by atoms with Crippen molar-refractivity contribution in [1.29, 1.82) is 0 Å². The summed E-state index contributed by atoms with van der Waals surface area (Å²) in [6.45, 7) is 2.74. The molecule has 0 spiro atoms. The van der Waals surface area contributed by atoms with E-state index in [0.29, 0.717) is 18.7 Å². The van der Waals surface area contributed by atoms with Crippen LogP contribution in [0.2, 0.25) is 0 Å². The zero-order valence-electron chi connectivity index (χ0n) is 21.9. The lowest BCUT2D eigenvalue weighted by atomic mass is 10.1. The topological polar surface area (TPSA) is 96.0 Å². The predicted octanol–water partition coefficient (Wildman–Crippen LogP) is 4.11. The van der Waals surface area contributed by atoms with Gasteiger partial charge in [-0.25, -0.2) is 17.2 Å². The fourth-order valence-electron chi connectivity index (χ4n) is 3.80. The van der Waals surface area contributed by atoms with Crippen LogP contribution in [0.15, 0.2) is 77.7 Å². The molecule has 0 heterocycles. The molecule has 0 aliphatic carbocycles. The van der Waals surface area contributed by atoms with Gasteiger partial charge in [0.05, 0.1) is 17.7 Å². The van der Waals surface area contributed by atoms with Gasteiger partial charge in [0.25, 0.3) is 10.0 Å². The summed E-state index contributed by atoms with van der Waals surface area (Å²) >= 11 is 0. The minimum Gasteiger partial charge on any atom is -0.497 e.